The van der Waals surface area contributed by atoms with E-state index in [9.17, 15) is 14.3 Å². The van der Waals surface area contributed by atoms with Crippen LogP contribution in [0.3, 0.4) is 0 Å². The van der Waals surface area contributed by atoms with Gasteiger partial charge < -0.3 is 27.9 Å². The molecule has 0 heterocycles. The van der Waals surface area contributed by atoms with Gasteiger partial charge in [0.2, 0.25) is 0 Å². The third kappa shape index (κ3) is 45.7. The van der Waals surface area contributed by atoms with Crippen molar-refractivity contribution < 1.29 is 37.3 Å². The number of rotatable bonds is 45. The Labute approximate surface area is 353 Å². The Hall–Kier alpha value is -1.18. The molecule has 0 saturated heterocycles. The van der Waals surface area contributed by atoms with Crippen LogP contribution in [0.5, 0.6) is 0 Å². The molecule has 0 amide bonds. The van der Waals surface area contributed by atoms with E-state index in [0.717, 1.165) is 44.9 Å². The third-order valence-corrected chi connectivity index (χ3v) is 11.6. The first kappa shape index (κ1) is 55.8. The molecule has 9 heteroatoms. The standard InChI is InChI=1S/C48H94NO7P/c1-6-8-10-12-14-16-18-20-22-24-25-26-27-29-31-33-35-37-39-41-48(50)54-45-47(46-56-57(51,52)55-44-42-49(3,4)5)53-43-40-38-36-34-32-30-28-23-21-19-17-15-13-11-9-7-2/h21,23,40,43,47H,6-20,22,24-39,41-42,44-46H2,1-5H3/b23-21-,43-40-. The molecule has 0 aromatic rings. The van der Waals surface area contributed by atoms with Crippen molar-refractivity contribution in [1.82, 2.24) is 0 Å². The molecule has 2 unspecified atom stereocenters. The lowest BCUT2D eigenvalue weighted by Gasteiger charge is -2.28. The maximum atomic E-state index is 12.5. The molecule has 0 aliphatic rings. The summed E-state index contributed by atoms with van der Waals surface area (Å²) < 4.78 is 34.4. The largest absolute Gasteiger partial charge is 0.756 e. The van der Waals surface area contributed by atoms with E-state index in [-0.39, 0.29) is 25.8 Å². The van der Waals surface area contributed by atoms with E-state index in [0.29, 0.717) is 17.4 Å². The van der Waals surface area contributed by atoms with Crippen molar-refractivity contribution >= 4 is 13.8 Å². The molecular formula is C48H94NO7P. The van der Waals surface area contributed by atoms with Crippen molar-refractivity contribution in [3.63, 3.8) is 0 Å². The fourth-order valence-corrected chi connectivity index (χ4v) is 7.49. The zero-order chi connectivity index (χ0) is 42.0. The maximum Gasteiger partial charge on any atom is 0.305 e. The lowest BCUT2D eigenvalue weighted by atomic mass is 10.0. The number of quaternary nitrogens is 1. The summed E-state index contributed by atoms with van der Waals surface area (Å²) in [6.45, 7) is 4.73. The summed E-state index contributed by atoms with van der Waals surface area (Å²) in [5.41, 5.74) is 0. The monoisotopic (exact) mass is 828 g/mol. The van der Waals surface area contributed by atoms with Gasteiger partial charge >= 0.3 is 5.97 Å². The lowest BCUT2D eigenvalue weighted by molar-refractivity contribution is -0.870. The van der Waals surface area contributed by atoms with Crippen molar-refractivity contribution in [2.45, 2.75) is 232 Å². The number of carbonyl (C=O) groups excluding carboxylic acids is 1. The Bertz CT molecular complexity index is 967. The topological polar surface area (TPSA) is 94.1 Å². The van der Waals surface area contributed by atoms with Gasteiger partial charge in [0.15, 0.2) is 6.10 Å². The molecule has 2 atom stereocenters. The molecule has 0 radical (unpaired) electrons. The smallest absolute Gasteiger partial charge is 0.305 e. The van der Waals surface area contributed by atoms with E-state index in [1.807, 2.05) is 27.2 Å². The van der Waals surface area contributed by atoms with Gasteiger partial charge in [-0.15, -0.1) is 0 Å². The fraction of sp³-hybridized carbons (Fsp3) is 0.896. The van der Waals surface area contributed by atoms with Crippen LogP contribution in [0.2, 0.25) is 0 Å². The van der Waals surface area contributed by atoms with Gasteiger partial charge in [0, 0.05) is 6.42 Å². The second-order valence-corrected chi connectivity index (χ2v) is 18.9. The number of likely N-dealkylation sites (N-methyl/N-ethyl adjacent to an activating group) is 1. The van der Waals surface area contributed by atoms with Gasteiger partial charge in [0.1, 0.15) is 19.8 Å². The molecule has 338 valence electrons. The molecule has 0 rings (SSSR count). The molecule has 0 saturated carbocycles. The molecule has 0 aromatic carbocycles. The number of nitrogens with zero attached hydrogens (tertiary/aromatic N) is 1. The predicted molar refractivity (Wildman–Crippen MR) is 240 cm³/mol. The Balaban J connectivity index is 4.19. The van der Waals surface area contributed by atoms with Gasteiger partial charge in [-0.25, -0.2) is 0 Å². The molecule has 0 N–H and O–H groups in total. The van der Waals surface area contributed by atoms with Crippen molar-refractivity contribution in [1.29, 1.82) is 0 Å². The highest BCUT2D eigenvalue weighted by atomic mass is 31.2. The van der Waals surface area contributed by atoms with Gasteiger partial charge in [0.25, 0.3) is 7.82 Å². The van der Waals surface area contributed by atoms with Crippen molar-refractivity contribution in [2.75, 3.05) is 47.5 Å². The van der Waals surface area contributed by atoms with E-state index in [1.165, 1.54) is 161 Å². The zero-order valence-corrected chi connectivity index (χ0v) is 39.2. The number of carbonyl (C=O) groups is 1. The van der Waals surface area contributed by atoms with Crippen LogP contribution in [0.15, 0.2) is 24.5 Å². The fourth-order valence-electron chi connectivity index (χ4n) is 6.76. The van der Waals surface area contributed by atoms with Gasteiger partial charge in [-0.2, -0.15) is 0 Å². The van der Waals surface area contributed by atoms with Crippen molar-refractivity contribution in [2.24, 2.45) is 0 Å². The number of ether oxygens (including phenoxy) is 2. The quantitative estimate of drug-likeness (QED) is 0.0151. The first-order valence-electron chi connectivity index (χ1n) is 24.1. The highest BCUT2D eigenvalue weighted by Crippen LogP contribution is 2.38. The van der Waals surface area contributed by atoms with Crippen molar-refractivity contribution in [3.05, 3.63) is 24.5 Å². The van der Waals surface area contributed by atoms with Crippen LogP contribution in [0.4, 0.5) is 0 Å². The Kier molecular flexibility index (Phi) is 40.7. The maximum absolute atomic E-state index is 12.5. The van der Waals surface area contributed by atoms with Crippen molar-refractivity contribution in [3.8, 4) is 0 Å². The molecule has 0 aliphatic heterocycles. The number of phosphoric ester groups is 1. The van der Waals surface area contributed by atoms with Crippen LogP contribution in [0.1, 0.15) is 226 Å². The summed E-state index contributed by atoms with van der Waals surface area (Å²) in [6, 6.07) is 0. The summed E-state index contributed by atoms with van der Waals surface area (Å²) in [5.74, 6) is -0.290. The normalized spacial score (nSPS) is 13.8. The van der Waals surface area contributed by atoms with E-state index in [2.05, 4.69) is 26.0 Å². The van der Waals surface area contributed by atoms with E-state index >= 15 is 0 Å². The van der Waals surface area contributed by atoms with E-state index < -0.39 is 13.9 Å². The van der Waals surface area contributed by atoms with Crippen LogP contribution in [0.25, 0.3) is 0 Å². The highest BCUT2D eigenvalue weighted by molar-refractivity contribution is 7.45. The number of hydrogen-bond donors (Lipinski definition) is 0. The minimum Gasteiger partial charge on any atom is -0.756 e. The molecule has 57 heavy (non-hydrogen) atoms. The minimum atomic E-state index is -4.52. The average Bonchev–Trinajstić information content (AvgIpc) is 3.17. The molecule has 0 bridgehead atoms. The van der Waals surface area contributed by atoms with Gasteiger partial charge in [-0.05, 0) is 51.0 Å². The average molecular weight is 828 g/mol. The summed E-state index contributed by atoms with van der Waals surface area (Å²) in [6.07, 6.45) is 48.7. The Morgan fingerprint density at radius 3 is 1.35 bits per heavy atom. The van der Waals surface area contributed by atoms with Crippen LogP contribution in [-0.2, 0) is 27.9 Å². The minimum absolute atomic E-state index is 0.0274. The lowest BCUT2D eigenvalue weighted by Crippen LogP contribution is -2.37. The van der Waals surface area contributed by atoms with Crippen LogP contribution < -0.4 is 4.89 Å². The predicted octanol–water partition coefficient (Wildman–Crippen LogP) is 14.1. The summed E-state index contributed by atoms with van der Waals surface area (Å²) in [4.78, 5) is 24.9. The van der Waals surface area contributed by atoms with Crippen LogP contribution in [-0.4, -0.2) is 64.1 Å². The van der Waals surface area contributed by atoms with Crippen LogP contribution >= 0.6 is 7.82 Å². The summed E-state index contributed by atoms with van der Waals surface area (Å²) in [5, 5.41) is 0. The van der Waals surface area contributed by atoms with E-state index in [4.69, 9.17) is 18.5 Å². The number of hydrogen-bond acceptors (Lipinski definition) is 7. The molecular weight excluding hydrogens is 734 g/mol. The second-order valence-electron chi connectivity index (χ2n) is 17.5. The van der Waals surface area contributed by atoms with Crippen LogP contribution in [0, 0.1) is 0 Å². The van der Waals surface area contributed by atoms with Gasteiger partial charge in [-0.1, -0.05) is 187 Å². The Morgan fingerprint density at radius 2 is 0.930 bits per heavy atom. The second kappa shape index (κ2) is 41.5. The first-order chi connectivity index (χ1) is 27.6. The third-order valence-electron chi connectivity index (χ3n) is 10.6. The number of allylic oxidation sites excluding steroid dienone is 3. The molecule has 0 aromatic heterocycles. The molecule has 8 nitrogen and oxygen atoms in total. The SMILES string of the molecule is CCCCCCCC/C=C\CCCCCC/C=C\OC(COC(=O)CCCCCCCCCCCCCCCCCCCCC)COP(=O)([O-])OCC[N+](C)(C)C. The molecule has 0 spiro atoms. The number of unbranched alkanes of at least 4 members (excludes halogenated alkanes) is 29. The van der Waals surface area contributed by atoms with Gasteiger partial charge in [-0.3, -0.25) is 9.36 Å². The Morgan fingerprint density at radius 1 is 0.544 bits per heavy atom. The summed E-state index contributed by atoms with van der Waals surface area (Å²) in [7, 11) is 1.36. The number of esters is 1. The molecule has 0 fully saturated rings. The van der Waals surface area contributed by atoms with E-state index in [1.54, 1.807) is 6.26 Å². The highest BCUT2D eigenvalue weighted by Gasteiger charge is 2.19. The zero-order valence-electron chi connectivity index (χ0n) is 38.3. The summed E-state index contributed by atoms with van der Waals surface area (Å²) >= 11 is 0. The number of phosphoric acid groups is 1. The molecule has 0 aliphatic carbocycles. The van der Waals surface area contributed by atoms with Gasteiger partial charge in [0.05, 0.1) is 34.0 Å². The first-order valence-corrected chi connectivity index (χ1v) is 25.6.